The Morgan fingerprint density at radius 3 is 2.90 bits per heavy atom. The van der Waals surface area contributed by atoms with E-state index < -0.39 is 5.60 Å². The van der Waals surface area contributed by atoms with Gasteiger partial charge in [0, 0.05) is 18.7 Å². The standard InChI is InChI=1S/C14H25N5O/c1-3-5-11-12(18-15)16-10-17-13(11)19-8-4-6-14(2,20)7-9-19/h10,20H,3-9,15H2,1-2H3,(H,16,17,18). The van der Waals surface area contributed by atoms with Crippen molar-refractivity contribution in [2.24, 2.45) is 5.84 Å². The van der Waals surface area contributed by atoms with Gasteiger partial charge in [-0.15, -0.1) is 0 Å². The zero-order valence-corrected chi connectivity index (χ0v) is 12.4. The van der Waals surface area contributed by atoms with E-state index in [0.717, 1.165) is 56.6 Å². The van der Waals surface area contributed by atoms with Gasteiger partial charge < -0.3 is 15.4 Å². The molecule has 0 aromatic carbocycles. The monoisotopic (exact) mass is 279 g/mol. The lowest BCUT2D eigenvalue weighted by molar-refractivity contribution is 0.0481. The number of anilines is 2. The van der Waals surface area contributed by atoms with Crippen molar-refractivity contribution in [1.29, 1.82) is 0 Å². The lowest BCUT2D eigenvalue weighted by Gasteiger charge is -2.25. The maximum absolute atomic E-state index is 10.2. The van der Waals surface area contributed by atoms with E-state index in [2.05, 4.69) is 27.2 Å². The lowest BCUT2D eigenvalue weighted by atomic mass is 9.98. The summed E-state index contributed by atoms with van der Waals surface area (Å²) in [5, 5.41) is 10.2. The molecule has 1 aromatic rings. The second-order valence-corrected chi connectivity index (χ2v) is 5.76. The normalized spacial score (nSPS) is 23.5. The lowest BCUT2D eigenvalue weighted by Crippen LogP contribution is -2.30. The van der Waals surface area contributed by atoms with Gasteiger partial charge in [-0.05, 0) is 32.6 Å². The maximum atomic E-state index is 10.2. The Hall–Kier alpha value is -1.40. The minimum Gasteiger partial charge on any atom is -0.390 e. The quantitative estimate of drug-likeness (QED) is 0.571. The molecule has 1 aromatic heterocycles. The van der Waals surface area contributed by atoms with Crippen LogP contribution in [-0.2, 0) is 6.42 Å². The number of hydrogen-bond donors (Lipinski definition) is 3. The molecule has 2 heterocycles. The van der Waals surface area contributed by atoms with Crippen LogP contribution in [0.25, 0.3) is 0 Å². The minimum absolute atomic E-state index is 0.568. The third-order valence-corrected chi connectivity index (χ3v) is 3.92. The molecule has 0 bridgehead atoms. The smallest absolute Gasteiger partial charge is 0.148 e. The predicted octanol–water partition coefficient (Wildman–Crippen LogP) is 1.46. The third kappa shape index (κ3) is 3.37. The summed E-state index contributed by atoms with van der Waals surface area (Å²) in [6, 6.07) is 0. The molecule has 1 aliphatic heterocycles. The molecule has 2 rings (SSSR count). The van der Waals surface area contributed by atoms with Gasteiger partial charge in [-0.3, -0.25) is 0 Å². The van der Waals surface area contributed by atoms with Crippen molar-refractivity contribution in [3.63, 3.8) is 0 Å². The second-order valence-electron chi connectivity index (χ2n) is 5.76. The average Bonchev–Trinajstić information content (AvgIpc) is 2.60. The SMILES string of the molecule is CCCc1c(NN)ncnc1N1CCCC(C)(O)CC1. The highest BCUT2D eigenvalue weighted by atomic mass is 16.3. The Kier molecular flexibility index (Phi) is 4.77. The zero-order valence-electron chi connectivity index (χ0n) is 12.4. The fourth-order valence-electron chi connectivity index (χ4n) is 2.76. The van der Waals surface area contributed by atoms with Crippen molar-refractivity contribution >= 4 is 11.6 Å². The molecular weight excluding hydrogens is 254 g/mol. The summed E-state index contributed by atoms with van der Waals surface area (Å²) in [5.74, 6) is 7.21. The van der Waals surface area contributed by atoms with Crippen LogP contribution in [0.1, 0.15) is 45.1 Å². The molecule has 0 spiro atoms. The van der Waals surface area contributed by atoms with Crippen LogP contribution >= 0.6 is 0 Å². The van der Waals surface area contributed by atoms with E-state index in [4.69, 9.17) is 5.84 Å². The Labute approximate surface area is 120 Å². The predicted molar refractivity (Wildman–Crippen MR) is 80.5 cm³/mol. The van der Waals surface area contributed by atoms with Gasteiger partial charge in [-0.25, -0.2) is 15.8 Å². The highest BCUT2D eigenvalue weighted by Gasteiger charge is 2.26. The average molecular weight is 279 g/mol. The molecule has 20 heavy (non-hydrogen) atoms. The van der Waals surface area contributed by atoms with Gasteiger partial charge in [0.05, 0.1) is 5.60 Å². The van der Waals surface area contributed by atoms with Crippen molar-refractivity contribution in [2.45, 2.75) is 51.6 Å². The topological polar surface area (TPSA) is 87.3 Å². The number of nitrogens with one attached hydrogen (secondary N) is 1. The van der Waals surface area contributed by atoms with Crippen molar-refractivity contribution in [3.8, 4) is 0 Å². The fraction of sp³-hybridized carbons (Fsp3) is 0.714. The highest BCUT2D eigenvalue weighted by molar-refractivity contribution is 5.58. The minimum atomic E-state index is -0.568. The molecule has 0 aliphatic carbocycles. The molecule has 6 heteroatoms. The van der Waals surface area contributed by atoms with Crippen molar-refractivity contribution in [3.05, 3.63) is 11.9 Å². The van der Waals surface area contributed by atoms with E-state index >= 15 is 0 Å². The molecule has 1 unspecified atom stereocenters. The van der Waals surface area contributed by atoms with Crippen molar-refractivity contribution in [1.82, 2.24) is 9.97 Å². The summed E-state index contributed by atoms with van der Waals surface area (Å²) >= 11 is 0. The Bertz CT molecular complexity index is 449. The van der Waals surface area contributed by atoms with Gasteiger partial charge in [0.15, 0.2) is 0 Å². The number of hydrogen-bond acceptors (Lipinski definition) is 6. The van der Waals surface area contributed by atoms with E-state index in [1.165, 1.54) is 0 Å². The summed E-state index contributed by atoms with van der Waals surface area (Å²) in [4.78, 5) is 10.9. The third-order valence-electron chi connectivity index (χ3n) is 3.92. The molecule has 112 valence electrons. The Morgan fingerprint density at radius 1 is 1.40 bits per heavy atom. The number of nitrogen functional groups attached to an aromatic ring is 1. The summed E-state index contributed by atoms with van der Waals surface area (Å²) < 4.78 is 0. The summed E-state index contributed by atoms with van der Waals surface area (Å²) in [5.41, 5.74) is 3.17. The molecule has 4 N–H and O–H groups in total. The van der Waals surface area contributed by atoms with Crippen LogP contribution in [0.3, 0.4) is 0 Å². The van der Waals surface area contributed by atoms with Crippen molar-refractivity contribution in [2.75, 3.05) is 23.4 Å². The molecular formula is C14H25N5O. The molecule has 1 saturated heterocycles. The second kappa shape index (κ2) is 6.37. The van der Waals surface area contributed by atoms with Crippen LogP contribution in [0.15, 0.2) is 6.33 Å². The number of aliphatic hydroxyl groups is 1. The first-order valence-electron chi connectivity index (χ1n) is 7.35. The zero-order chi connectivity index (χ0) is 14.6. The van der Waals surface area contributed by atoms with E-state index in [0.29, 0.717) is 5.82 Å². The highest BCUT2D eigenvalue weighted by Crippen LogP contribution is 2.29. The molecule has 0 radical (unpaired) electrons. The first kappa shape index (κ1) is 15.0. The first-order chi connectivity index (χ1) is 9.57. The van der Waals surface area contributed by atoms with Gasteiger partial charge in [-0.2, -0.15) is 0 Å². The molecule has 0 amide bonds. The molecule has 0 saturated carbocycles. The van der Waals surface area contributed by atoms with E-state index in [-0.39, 0.29) is 0 Å². The largest absolute Gasteiger partial charge is 0.390 e. The van der Waals surface area contributed by atoms with Gasteiger partial charge in [0.25, 0.3) is 0 Å². The summed E-state index contributed by atoms with van der Waals surface area (Å²) in [7, 11) is 0. The van der Waals surface area contributed by atoms with Gasteiger partial charge in [0.1, 0.15) is 18.0 Å². The summed E-state index contributed by atoms with van der Waals surface area (Å²) in [6.45, 7) is 5.76. The number of nitrogens with two attached hydrogens (primary N) is 1. The van der Waals surface area contributed by atoms with Gasteiger partial charge >= 0.3 is 0 Å². The van der Waals surface area contributed by atoms with Gasteiger partial charge in [-0.1, -0.05) is 13.3 Å². The number of nitrogens with zero attached hydrogens (tertiary/aromatic N) is 3. The van der Waals surface area contributed by atoms with Crippen LogP contribution in [0.4, 0.5) is 11.6 Å². The van der Waals surface area contributed by atoms with Crippen LogP contribution in [-0.4, -0.2) is 33.8 Å². The number of aromatic nitrogens is 2. The van der Waals surface area contributed by atoms with Crippen molar-refractivity contribution < 1.29 is 5.11 Å². The fourth-order valence-corrected chi connectivity index (χ4v) is 2.76. The van der Waals surface area contributed by atoms with E-state index in [1.54, 1.807) is 6.33 Å². The van der Waals surface area contributed by atoms with Crippen LogP contribution in [0.2, 0.25) is 0 Å². The Balaban J connectivity index is 2.27. The number of hydrazine groups is 1. The molecule has 1 aliphatic rings. The maximum Gasteiger partial charge on any atom is 0.148 e. The number of rotatable bonds is 4. The van der Waals surface area contributed by atoms with Crippen LogP contribution < -0.4 is 16.2 Å². The van der Waals surface area contributed by atoms with Crippen LogP contribution in [0, 0.1) is 0 Å². The van der Waals surface area contributed by atoms with E-state index in [1.807, 2.05) is 6.92 Å². The van der Waals surface area contributed by atoms with Gasteiger partial charge in [0.2, 0.25) is 0 Å². The summed E-state index contributed by atoms with van der Waals surface area (Å²) in [6.07, 6.45) is 6.01. The molecule has 1 atom stereocenters. The first-order valence-corrected chi connectivity index (χ1v) is 7.35. The molecule has 1 fully saturated rings. The van der Waals surface area contributed by atoms with E-state index in [9.17, 15) is 5.11 Å². The van der Waals surface area contributed by atoms with Crippen LogP contribution in [0.5, 0.6) is 0 Å². The molecule has 6 nitrogen and oxygen atoms in total. The Morgan fingerprint density at radius 2 is 2.20 bits per heavy atom.